The molecule has 1 atom stereocenters. The van der Waals surface area contributed by atoms with E-state index in [-0.39, 0.29) is 12.6 Å². The molecule has 0 fully saturated rings. The molecule has 0 aliphatic rings. The molecule has 0 aliphatic carbocycles. The van der Waals surface area contributed by atoms with Crippen LogP contribution in [0, 0.1) is 0 Å². The number of carbonyl (C=O) groups excluding carboxylic acids is 1. The van der Waals surface area contributed by atoms with Crippen LogP contribution in [0.4, 0.5) is 13.2 Å². The SMILES string of the molecule is CCCCc1ccc(-c2ccc(-c3ccc(C(=O)OCCCCCCCOC(C)C(F)(F)F)cc3)cn2)cc1. The highest BCUT2D eigenvalue weighted by molar-refractivity contribution is 5.90. The van der Waals surface area contributed by atoms with Gasteiger partial charge >= 0.3 is 12.1 Å². The third-order valence-corrected chi connectivity index (χ3v) is 6.64. The molecule has 3 rings (SSSR count). The number of aryl methyl sites for hydroxylation is 1. The Balaban J connectivity index is 1.37. The van der Waals surface area contributed by atoms with Crippen LogP contribution in [0.15, 0.2) is 66.9 Å². The zero-order chi connectivity index (χ0) is 28.1. The van der Waals surface area contributed by atoms with Crippen molar-refractivity contribution in [3.63, 3.8) is 0 Å². The number of benzene rings is 2. The van der Waals surface area contributed by atoms with E-state index in [1.165, 1.54) is 18.4 Å². The van der Waals surface area contributed by atoms with E-state index in [1.54, 1.807) is 12.1 Å². The van der Waals surface area contributed by atoms with Crippen LogP contribution in [-0.2, 0) is 15.9 Å². The van der Waals surface area contributed by atoms with Crippen LogP contribution in [-0.4, -0.2) is 36.4 Å². The number of hydrogen-bond donors (Lipinski definition) is 0. The lowest BCUT2D eigenvalue weighted by atomic mass is 10.0. The van der Waals surface area contributed by atoms with E-state index in [1.807, 2.05) is 30.5 Å². The Kier molecular flexibility index (Phi) is 12.0. The third-order valence-electron chi connectivity index (χ3n) is 6.64. The Hall–Kier alpha value is -3.19. The number of hydrogen-bond acceptors (Lipinski definition) is 4. The maximum atomic E-state index is 12.4. The van der Waals surface area contributed by atoms with Gasteiger partial charge in [-0.2, -0.15) is 13.2 Å². The predicted molar refractivity (Wildman–Crippen MR) is 149 cm³/mol. The number of aromatic nitrogens is 1. The summed E-state index contributed by atoms with van der Waals surface area (Å²) in [6, 6.07) is 19.9. The van der Waals surface area contributed by atoms with E-state index in [2.05, 4.69) is 36.2 Å². The largest absolute Gasteiger partial charge is 0.462 e. The van der Waals surface area contributed by atoms with Crippen molar-refractivity contribution < 1.29 is 27.4 Å². The summed E-state index contributed by atoms with van der Waals surface area (Å²) in [6.45, 7) is 3.62. The van der Waals surface area contributed by atoms with Crippen LogP contribution in [0.1, 0.15) is 74.7 Å². The number of alkyl halides is 3. The van der Waals surface area contributed by atoms with Gasteiger partial charge < -0.3 is 9.47 Å². The number of pyridine rings is 1. The smallest absolute Gasteiger partial charge is 0.414 e. The van der Waals surface area contributed by atoms with Crippen LogP contribution >= 0.6 is 0 Å². The number of carbonyl (C=O) groups is 1. The Labute approximate surface area is 229 Å². The lowest BCUT2D eigenvalue weighted by Gasteiger charge is -2.16. The fourth-order valence-corrected chi connectivity index (χ4v) is 4.09. The molecule has 0 saturated carbocycles. The van der Waals surface area contributed by atoms with Crippen molar-refractivity contribution in [1.29, 1.82) is 0 Å². The summed E-state index contributed by atoms with van der Waals surface area (Å²) in [7, 11) is 0. The van der Waals surface area contributed by atoms with Gasteiger partial charge in [-0.1, -0.05) is 75.1 Å². The first-order valence-corrected chi connectivity index (χ1v) is 13.8. The van der Waals surface area contributed by atoms with Gasteiger partial charge in [0.1, 0.15) is 0 Å². The Bertz CT molecular complexity index is 1130. The van der Waals surface area contributed by atoms with Crippen molar-refractivity contribution in [2.24, 2.45) is 0 Å². The monoisotopic (exact) mass is 541 g/mol. The Morgan fingerprint density at radius 3 is 2.03 bits per heavy atom. The maximum Gasteiger partial charge on any atom is 0.414 e. The molecule has 0 spiro atoms. The minimum atomic E-state index is -4.31. The van der Waals surface area contributed by atoms with Gasteiger partial charge in [0.05, 0.1) is 17.9 Å². The van der Waals surface area contributed by atoms with Crippen LogP contribution in [0.5, 0.6) is 0 Å². The number of esters is 1. The van der Waals surface area contributed by atoms with Gasteiger partial charge in [-0.25, -0.2) is 4.79 Å². The number of halogens is 3. The molecule has 39 heavy (non-hydrogen) atoms. The second-order valence-electron chi connectivity index (χ2n) is 9.77. The van der Waals surface area contributed by atoms with E-state index in [9.17, 15) is 18.0 Å². The standard InChI is InChI=1S/C32H38F3NO3/c1-3-4-10-25-11-13-27(14-12-25)30-20-19-29(23-36-30)26-15-17-28(18-16-26)31(37)39-22-9-7-5-6-8-21-38-24(2)32(33,34)35/h11-20,23-24H,3-10,21-22H2,1-2H3. The molecule has 2 aromatic carbocycles. The first kappa shape index (κ1) is 30.4. The lowest BCUT2D eigenvalue weighted by Crippen LogP contribution is -2.28. The molecule has 4 nitrogen and oxygen atoms in total. The number of unbranched alkanes of at least 4 members (excludes halogenated alkanes) is 5. The minimum Gasteiger partial charge on any atom is -0.462 e. The molecule has 3 aromatic rings. The Morgan fingerprint density at radius 2 is 1.41 bits per heavy atom. The second kappa shape index (κ2) is 15.4. The van der Waals surface area contributed by atoms with E-state index in [4.69, 9.17) is 9.47 Å². The van der Waals surface area contributed by atoms with Crippen molar-refractivity contribution in [2.75, 3.05) is 13.2 Å². The van der Waals surface area contributed by atoms with Gasteiger partial charge in [-0.3, -0.25) is 4.98 Å². The molecule has 210 valence electrons. The summed E-state index contributed by atoms with van der Waals surface area (Å²) < 4.78 is 47.3. The van der Waals surface area contributed by atoms with Gasteiger partial charge in [0.25, 0.3) is 0 Å². The molecule has 7 heteroatoms. The molecule has 0 N–H and O–H groups in total. The molecule has 1 heterocycles. The van der Waals surface area contributed by atoms with Gasteiger partial charge in [0.15, 0.2) is 6.10 Å². The van der Waals surface area contributed by atoms with Crippen molar-refractivity contribution in [3.8, 4) is 22.4 Å². The number of ether oxygens (including phenoxy) is 2. The van der Waals surface area contributed by atoms with Crippen LogP contribution in [0.3, 0.4) is 0 Å². The average molecular weight is 542 g/mol. The molecule has 0 bridgehead atoms. The zero-order valence-electron chi connectivity index (χ0n) is 22.8. The van der Waals surface area contributed by atoms with E-state index < -0.39 is 12.3 Å². The normalized spacial score (nSPS) is 12.3. The predicted octanol–water partition coefficient (Wildman–Crippen LogP) is 8.83. The molecule has 1 unspecified atom stereocenters. The molecule has 1 aromatic heterocycles. The maximum absolute atomic E-state index is 12.4. The Morgan fingerprint density at radius 1 is 0.795 bits per heavy atom. The van der Waals surface area contributed by atoms with Crippen LogP contribution in [0.2, 0.25) is 0 Å². The summed E-state index contributed by atoms with van der Waals surface area (Å²) in [5, 5.41) is 0. The van der Waals surface area contributed by atoms with Gasteiger partial charge in [0, 0.05) is 23.9 Å². The fraction of sp³-hybridized carbons (Fsp3) is 0.438. The topological polar surface area (TPSA) is 48.4 Å². The minimum absolute atomic E-state index is 0.0961. The highest BCUT2D eigenvalue weighted by Crippen LogP contribution is 2.24. The summed E-state index contributed by atoms with van der Waals surface area (Å²) in [6.07, 6.45) is 3.05. The molecule has 0 aliphatic heterocycles. The quantitative estimate of drug-likeness (QED) is 0.142. The highest BCUT2D eigenvalue weighted by Gasteiger charge is 2.36. The van der Waals surface area contributed by atoms with Crippen LogP contribution in [0.25, 0.3) is 22.4 Å². The van der Waals surface area contributed by atoms with Crippen molar-refractivity contribution in [3.05, 3.63) is 78.0 Å². The van der Waals surface area contributed by atoms with Crippen molar-refractivity contribution in [1.82, 2.24) is 4.98 Å². The fourth-order valence-electron chi connectivity index (χ4n) is 4.09. The first-order chi connectivity index (χ1) is 18.8. The van der Waals surface area contributed by atoms with Crippen LogP contribution < -0.4 is 0 Å². The summed E-state index contributed by atoms with van der Waals surface area (Å²) in [5.41, 5.74) is 5.78. The van der Waals surface area contributed by atoms with E-state index >= 15 is 0 Å². The van der Waals surface area contributed by atoms with Gasteiger partial charge in [0.2, 0.25) is 0 Å². The van der Waals surface area contributed by atoms with Gasteiger partial charge in [-0.05, 0) is 61.9 Å². The molecular formula is C32H38F3NO3. The molecule has 0 radical (unpaired) electrons. The highest BCUT2D eigenvalue weighted by atomic mass is 19.4. The summed E-state index contributed by atoms with van der Waals surface area (Å²) >= 11 is 0. The number of rotatable bonds is 15. The van der Waals surface area contributed by atoms with Gasteiger partial charge in [-0.15, -0.1) is 0 Å². The second-order valence-corrected chi connectivity index (χ2v) is 9.77. The average Bonchev–Trinajstić information content (AvgIpc) is 2.95. The van der Waals surface area contributed by atoms with Crippen molar-refractivity contribution in [2.45, 2.75) is 77.5 Å². The third kappa shape index (κ3) is 10.1. The number of nitrogens with zero attached hydrogens (tertiary/aromatic N) is 1. The van der Waals surface area contributed by atoms with Crippen molar-refractivity contribution >= 4 is 5.97 Å². The van der Waals surface area contributed by atoms with E-state index in [0.29, 0.717) is 25.0 Å². The summed E-state index contributed by atoms with van der Waals surface area (Å²) in [4.78, 5) is 17.0. The lowest BCUT2D eigenvalue weighted by molar-refractivity contribution is -0.214. The summed E-state index contributed by atoms with van der Waals surface area (Å²) in [5.74, 6) is -0.369. The molecule has 0 amide bonds. The zero-order valence-corrected chi connectivity index (χ0v) is 22.8. The van der Waals surface area contributed by atoms with E-state index in [0.717, 1.165) is 55.0 Å². The molecular weight excluding hydrogens is 503 g/mol. The first-order valence-electron chi connectivity index (χ1n) is 13.8. The molecule has 0 saturated heterocycles.